The van der Waals surface area contributed by atoms with Gasteiger partial charge in [0.05, 0.1) is 0 Å². The van der Waals surface area contributed by atoms with Crippen molar-refractivity contribution in [1.82, 2.24) is 9.88 Å². The predicted molar refractivity (Wildman–Crippen MR) is 97.7 cm³/mol. The summed E-state index contributed by atoms with van der Waals surface area (Å²) in [5.41, 5.74) is 0.627. The zero-order valence-corrected chi connectivity index (χ0v) is 14.4. The number of carbonyl (C=O) groups excluding carboxylic acids is 2. The van der Waals surface area contributed by atoms with Crippen LogP contribution in [0.3, 0.4) is 0 Å². The molecule has 6 nitrogen and oxygen atoms in total. The van der Waals surface area contributed by atoms with Crippen LogP contribution in [0.2, 0.25) is 5.02 Å². The normalized spacial score (nSPS) is 14.3. The molecule has 1 aromatic carbocycles. The Hall–Kier alpha value is -2.60. The van der Waals surface area contributed by atoms with Gasteiger partial charge in [0.1, 0.15) is 12.2 Å². The molecule has 0 unspecified atom stereocenters. The number of rotatable bonds is 4. The highest BCUT2D eigenvalue weighted by atomic mass is 35.5. The third kappa shape index (κ3) is 4.70. The monoisotopic (exact) mass is 358 g/mol. The van der Waals surface area contributed by atoms with Gasteiger partial charge in [-0.3, -0.25) is 9.59 Å². The second kappa shape index (κ2) is 7.98. The van der Waals surface area contributed by atoms with E-state index < -0.39 is 0 Å². The van der Waals surface area contributed by atoms with E-state index in [1.165, 1.54) is 0 Å². The van der Waals surface area contributed by atoms with Gasteiger partial charge in [-0.2, -0.15) is 0 Å². The van der Waals surface area contributed by atoms with Crippen LogP contribution in [-0.2, 0) is 9.59 Å². The molecule has 1 aliphatic rings. The molecule has 3 rings (SSSR count). The molecule has 7 heteroatoms. The molecule has 130 valence electrons. The van der Waals surface area contributed by atoms with Crippen LogP contribution in [-0.4, -0.2) is 47.9 Å². The maximum absolute atomic E-state index is 12.3. The molecule has 0 spiro atoms. The van der Waals surface area contributed by atoms with Gasteiger partial charge in [-0.15, -0.1) is 0 Å². The van der Waals surface area contributed by atoms with Crippen molar-refractivity contribution < 1.29 is 9.59 Å². The number of benzene rings is 1. The molecule has 0 bridgehead atoms. The van der Waals surface area contributed by atoms with Gasteiger partial charge in [0.25, 0.3) is 0 Å². The van der Waals surface area contributed by atoms with E-state index in [2.05, 4.69) is 15.2 Å². The van der Waals surface area contributed by atoms with Crippen LogP contribution in [0.25, 0.3) is 0 Å². The molecule has 0 radical (unpaired) electrons. The van der Waals surface area contributed by atoms with E-state index in [-0.39, 0.29) is 18.2 Å². The second-order valence-electron chi connectivity index (χ2n) is 5.79. The van der Waals surface area contributed by atoms with Gasteiger partial charge in [-0.1, -0.05) is 17.7 Å². The summed E-state index contributed by atoms with van der Waals surface area (Å²) in [5.74, 6) is 0.432. The number of hydrogen-bond acceptors (Lipinski definition) is 4. The molecule has 2 heterocycles. The molecule has 1 aromatic heterocycles. The summed E-state index contributed by atoms with van der Waals surface area (Å²) in [7, 11) is 0. The van der Waals surface area contributed by atoms with Gasteiger partial charge >= 0.3 is 0 Å². The molecule has 0 atom stereocenters. The fourth-order valence-corrected chi connectivity index (χ4v) is 2.84. The first-order chi connectivity index (χ1) is 12.1. The highest BCUT2D eigenvalue weighted by Gasteiger charge is 2.23. The van der Waals surface area contributed by atoms with Crippen molar-refractivity contribution in [2.75, 3.05) is 36.4 Å². The van der Waals surface area contributed by atoms with Crippen molar-refractivity contribution in [1.29, 1.82) is 0 Å². The summed E-state index contributed by atoms with van der Waals surface area (Å²) in [6, 6.07) is 12.6. The average molecular weight is 359 g/mol. The van der Waals surface area contributed by atoms with Crippen LogP contribution in [0.1, 0.15) is 6.42 Å². The number of anilines is 2. The molecular formula is C18H19ClN4O2. The molecule has 2 aromatic rings. The highest BCUT2D eigenvalue weighted by molar-refractivity contribution is 6.30. The van der Waals surface area contributed by atoms with Crippen molar-refractivity contribution >= 4 is 34.9 Å². The number of nitrogens with zero attached hydrogens (tertiary/aromatic N) is 3. The molecule has 1 fully saturated rings. The minimum absolute atomic E-state index is 0.160. The van der Waals surface area contributed by atoms with Crippen molar-refractivity contribution in [3.63, 3.8) is 0 Å². The van der Waals surface area contributed by atoms with Crippen LogP contribution in [0, 0.1) is 0 Å². The lowest BCUT2D eigenvalue weighted by Gasteiger charge is -2.35. The van der Waals surface area contributed by atoms with Crippen LogP contribution in [0.4, 0.5) is 11.5 Å². The smallest absolute Gasteiger partial charge is 0.233 e. The molecular weight excluding hydrogens is 340 g/mol. The van der Waals surface area contributed by atoms with Gasteiger partial charge in [0, 0.05) is 43.1 Å². The lowest BCUT2D eigenvalue weighted by Crippen LogP contribution is -2.49. The summed E-state index contributed by atoms with van der Waals surface area (Å²) in [6.45, 7) is 2.59. The topological polar surface area (TPSA) is 65.5 Å². The van der Waals surface area contributed by atoms with Crippen molar-refractivity contribution in [2.24, 2.45) is 0 Å². The first-order valence-electron chi connectivity index (χ1n) is 8.11. The Morgan fingerprint density at radius 2 is 1.76 bits per heavy atom. The molecule has 2 amide bonds. The fraction of sp³-hybridized carbons (Fsp3) is 0.278. The van der Waals surface area contributed by atoms with Crippen LogP contribution in [0.15, 0.2) is 48.7 Å². The first-order valence-corrected chi connectivity index (χ1v) is 8.49. The minimum atomic E-state index is -0.320. The van der Waals surface area contributed by atoms with Crippen LogP contribution >= 0.6 is 11.6 Å². The van der Waals surface area contributed by atoms with Crippen molar-refractivity contribution in [2.45, 2.75) is 6.42 Å². The summed E-state index contributed by atoms with van der Waals surface area (Å²) in [4.78, 5) is 32.5. The average Bonchev–Trinajstić information content (AvgIpc) is 2.64. The zero-order valence-electron chi connectivity index (χ0n) is 13.7. The number of halogens is 1. The van der Waals surface area contributed by atoms with Crippen LogP contribution in [0.5, 0.6) is 0 Å². The lowest BCUT2D eigenvalue weighted by molar-refractivity contribution is -0.134. The van der Waals surface area contributed by atoms with Crippen molar-refractivity contribution in [3.8, 4) is 0 Å². The lowest BCUT2D eigenvalue weighted by atomic mass is 10.2. The predicted octanol–water partition coefficient (Wildman–Crippen LogP) is 2.41. The minimum Gasteiger partial charge on any atom is -0.353 e. The molecule has 25 heavy (non-hydrogen) atoms. The maximum Gasteiger partial charge on any atom is 0.233 e. The van der Waals surface area contributed by atoms with Gasteiger partial charge in [-0.25, -0.2) is 4.98 Å². The number of nitrogens with one attached hydrogen (secondary N) is 1. The van der Waals surface area contributed by atoms with E-state index in [9.17, 15) is 9.59 Å². The standard InChI is InChI=1S/C18H19ClN4O2/c19-14-4-6-15(7-5-14)21-17(24)13-18(25)23-11-9-22(10-12-23)16-3-1-2-8-20-16/h1-8H,9-13H2,(H,21,24). The summed E-state index contributed by atoms with van der Waals surface area (Å²) >= 11 is 5.81. The van der Waals surface area contributed by atoms with E-state index in [0.717, 1.165) is 5.82 Å². The number of piperazine rings is 1. The van der Waals surface area contributed by atoms with Gasteiger partial charge in [0.15, 0.2) is 0 Å². The summed E-state index contributed by atoms with van der Waals surface area (Å²) < 4.78 is 0. The number of hydrogen-bond donors (Lipinski definition) is 1. The van der Waals surface area contributed by atoms with Gasteiger partial charge < -0.3 is 15.1 Å². The Morgan fingerprint density at radius 1 is 1.04 bits per heavy atom. The Morgan fingerprint density at radius 3 is 2.40 bits per heavy atom. The van der Waals surface area contributed by atoms with Gasteiger partial charge in [-0.05, 0) is 36.4 Å². The molecule has 0 aliphatic carbocycles. The number of aromatic nitrogens is 1. The Balaban J connectivity index is 1.47. The highest BCUT2D eigenvalue weighted by Crippen LogP contribution is 2.15. The van der Waals surface area contributed by atoms with Crippen molar-refractivity contribution in [3.05, 3.63) is 53.7 Å². The Labute approximate surface area is 151 Å². The van der Waals surface area contributed by atoms with E-state index in [4.69, 9.17) is 11.6 Å². The third-order valence-corrected chi connectivity index (χ3v) is 4.30. The number of carbonyl (C=O) groups is 2. The number of amides is 2. The largest absolute Gasteiger partial charge is 0.353 e. The number of pyridine rings is 1. The molecule has 0 saturated carbocycles. The van der Waals surface area contributed by atoms with E-state index in [1.807, 2.05) is 18.2 Å². The second-order valence-corrected chi connectivity index (χ2v) is 6.22. The molecule has 1 aliphatic heterocycles. The third-order valence-electron chi connectivity index (χ3n) is 4.05. The molecule has 1 saturated heterocycles. The molecule has 1 N–H and O–H groups in total. The van der Waals surface area contributed by atoms with Crippen LogP contribution < -0.4 is 10.2 Å². The maximum atomic E-state index is 12.3. The van der Waals surface area contributed by atoms with Gasteiger partial charge in [0.2, 0.25) is 11.8 Å². The summed E-state index contributed by atoms with van der Waals surface area (Å²) in [6.07, 6.45) is 1.60. The Bertz CT molecular complexity index is 729. The summed E-state index contributed by atoms with van der Waals surface area (Å²) in [5, 5.41) is 3.31. The Kier molecular flexibility index (Phi) is 5.50. The fourth-order valence-electron chi connectivity index (χ4n) is 2.71. The quantitative estimate of drug-likeness (QED) is 0.852. The SMILES string of the molecule is O=C(CC(=O)N1CCN(c2ccccn2)CC1)Nc1ccc(Cl)cc1. The van der Waals surface area contributed by atoms with E-state index in [0.29, 0.717) is 36.9 Å². The first kappa shape index (κ1) is 17.2. The van der Waals surface area contributed by atoms with E-state index >= 15 is 0 Å². The zero-order chi connectivity index (χ0) is 17.6. The van der Waals surface area contributed by atoms with E-state index in [1.54, 1.807) is 35.4 Å².